The average molecular weight is 586 g/mol. The van der Waals surface area contributed by atoms with Crippen LogP contribution in [0.5, 0.6) is 0 Å². The number of hydrogen-bond acceptors (Lipinski definition) is 2. The molecule has 0 saturated heterocycles. The molecular formula is C34H28FeO2P2-6. The van der Waals surface area contributed by atoms with E-state index in [2.05, 4.69) is 0 Å². The molecule has 0 aliphatic rings. The Morgan fingerprint density at radius 1 is 0.436 bits per heavy atom. The zero-order valence-electron chi connectivity index (χ0n) is 21.2. The molecule has 0 N–H and O–H groups in total. The van der Waals surface area contributed by atoms with E-state index in [9.17, 15) is 0 Å². The van der Waals surface area contributed by atoms with Crippen LogP contribution in [-0.4, -0.2) is 0 Å². The van der Waals surface area contributed by atoms with Crippen LogP contribution in [0.3, 0.4) is 0 Å². The molecule has 0 aliphatic heterocycles. The fourth-order valence-electron chi connectivity index (χ4n) is 4.66. The smallest absolute Gasteiger partial charge is 0.147 e. The topological polar surface area (TPSA) is 34.1 Å². The van der Waals surface area contributed by atoms with Crippen molar-refractivity contribution in [3.05, 3.63) is 170 Å². The van der Waals surface area contributed by atoms with E-state index in [-0.39, 0.29) is 17.1 Å². The van der Waals surface area contributed by atoms with Crippen molar-refractivity contribution in [3.63, 3.8) is 0 Å². The van der Waals surface area contributed by atoms with Gasteiger partial charge in [0.2, 0.25) is 0 Å². The molecule has 0 bridgehead atoms. The first kappa shape index (κ1) is 28.6. The van der Waals surface area contributed by atoms with Gasteiger partial charge in [-0.05, 0) is 0 Å². The summed E-state index contributed by atoms with van der Waals surface area (Å²) in [6, 6.07) is 53.8. The second-order valence-corrected chi connectivity index (χ2v) is 14.3. The first-order chi connectivity index (χ1) is 18.6. The first-order valence-corrected chi connectivity index (χ1v) is 15.9. The minimum absolute atomic E-state index is 0. The van der Waals surface area contributed by atoms with Gasteiger partial charge in [0.25, 0.3) is 0 Å². The van der Waals surface area contributed by atoms with E-state index in [1.807, 2.05) is 170 Å². The maximum atomic E-state index is 15.1. The third-order valence-electron chi connectivity index (χ3n) is 6.48. The van der Waals surface area contributed by atoms with Gasteiger partial charge in [-0.2, -0.15) is 6.07 Å². The van der Waals surface area contributed by atoms with E-state index in [0.29, 0.717) is 10.6 Å². The van der Waals surface area contributed by atoms with Crippen LogP contribution in [0.25, 0.3) is 0 Å². The number of hydrogen-bond donors (Lipinski definition) is 0. The van der Waals surface area contributed by atoms with Gasteiger partial charge < -0.3 is 39.5 Å². The first-order valence-electron chi connectivity index (χ1n) is 12.5. The predicted octanol–water partition coefficient (Wildman–Crippen LogP) is 6.09. The van der Waals surface area contributed by atoms with Crippen LogP contribution in [0.15, 0.2) is 170 Å². The van der Waals surface area contributed by atoms with E-state index >= 15 is 9.13 Å². The van der Waals surface area contributed by atoms with E-state index in [1.165, 1.54) is 0 Å². The molecule has 0 saturated carbocycles. The van der Waals surface area contributed by atoms with Gasteiger partial charge in [0.15, 0.2) is 0 Å². The molecule has 0 unspecified atom stereocenters. The van der Waals surface area contributed by atoms with Crippen molar-refractivity contribution in [2.24, 2.45) is 0 Å². The van der Waals surface area contributed by atoms with E-state index in [1.54, 1.807) is 0 Å². The summed E-state index contributed by atoms with van der Waals surface area (Å²) >= 11 is 0. The molecule has 0 amide bonds. The molecule has 2 nitrogen and oxygen atoms in total. The van der Waals surface area contributed by atoms with Crippen molar-refractivity contribution in [1.29, 1.82) is 0 Å². The molecule has 39 heavy (non-hydrogen) atoms. The third-order valence-corrected chi connectivity index (χ3v) is 12.9. The van der Waals surface area contributed by atoms with Gasteiger partial charge in [0.05, 0.1) is 0 Å². The fourth-order valence-corrected chi connectivity index (χ4v) is 11.0. The molecule has 6 aromatic rings. The Morgan fingerprint density at radius 2 is 0.769 bits per heavy atom. The molecule has 0 atom stereocenters. The minimum atomic E-state index is -3.28. The van der Waals surface area contributed by atoms with Gasteiger partial charge >= 0.3 is 0 Å². The van der Waals surface area contributed by atoms with Crippen LogP contribution in [0.2, 0.25) is 0 Å². The minimum Gasteiger partial charge on any atom is -0.748 e. The molecule has 6 rings (SSSR count). The van der Waals surface area contributed by atoms with Crippen molar-refractivity contribution in [2.75, 3.05) is 0 Å². The number of benzene rings is 4. The summed E-state index contributed by atoms with van der Waals surface area (Å²) in [4.78, 5) is 0. The molecule has 6 aromatic carbocycles. The van der Waals surface area contributed by atoms with Gasteiger partial charge in [0, 0.05) is 38.3 Å². The zero-order chi connectivity index (χ0) is 26.3. The van der Waals surface area contributed by atoms with Crippen LogP contribution in [0, 0.1) is 0 Å². The largest absolute Gasteiger partial charge is 0.748 e. The average Bonchev–Trinajstić information content (AvgIpc) is 3.75. The second-order valence-electron chi connectivity index (χ2n) is 8.82. The van der Waals surface area contributed by atoms with Crippen molar-refractivity contribution < 1.29 is 26.2 Å². The molecule has 0 aromatic heterocycles. The zero-order valence-corrected chi connectivity index (χ0v) is 24.1. The Balaban J connectivity index is 0.000000530. The van der Waals surface area contributed by atoms with E-state index in [4.69, 9.17) is 0 Å². The molecule has 0 fully saturated rings. The maximum Gasteiger partial charge on any atom is 0.147 e. The van der Waals surface area contributed by atoms with Gasteiger partial charge in [0.1, 0.15) is 14.3 Å². The van der Waals surface area contributed by atoms with Gasteiger partial charge in [-0.25, -0.2) is 12.1 Å². The summed E-state index contributed by atoms with van der Waals surface area (Å²) in [7, 11) is -6.55. The molecular weight excluding hydrogens is 558 g/mol. The van der Waals surface area contributed by atoms with E-state index < -0.39 is 14.3 Å². The SMILES string of the molecule is O=P(c1ccccc1)(c1ccccc1)c1ccc[c-]1P(=O)(c1ccccc1)c1ccccc1.[Fe].[cH-]1[cH-][cH-][cH-][cH-]1. The summed E-state index contributed by atoms with van der Waals surface area (Å²) in [6.07, 6.45) is 0. The Hall–Kier alpha value is -3.44. The summed E-state index contributed by atoms with van der Waals surface area (Å²) in [5.41, 5.74) is 0. The van der Waals surface area contributed by atoms with Crippen molar-refractivity contribution >= 4 is 46.1 Å². The molecule has 0 spiro atoms. The summed E-state index contributed by atoms with van der Waals surface area (Å²) in [6.45, 7) is 0. The summed E-state index contributed by atoms with van der Waals surface area (Å²) in [5.74, 6) is 0. The van der Waals surface area contributed by atoms with Gasteiger partial charge in [-0.3, -0.25) is 0 Å². The predicted molar refractivity (Wildman–Crippen MR) is 163 cm³/mol. The van der Waals surface area contributed by atoms with Gasteiger partial charge in [-0.15, -0.1) is 0 Å². The standard InChI is InChI=1S/C29H23O2P2.C5H5.Fe/c30-32(24-14-5-1-6-15-24,25-16-7-2-8-17-25)28-22-13-23-29(28)33(31,26-18-9-3-10-19-26)27-20-11-4-12-21-27;1-2-4-5-3-1;/h1-23H;1-5H;/q-1;-5;. The van der Waals surface area contributed by atoms with Crippen LogP contribution >= 0.6 is 14.3 Å². The normalized spacial score (nSPS) is 11.1. The fraction of sp³-hybridized carbons (Fsp3) is 0. The van der Waals surface area contributed by atoms with Crippen LogP contribution in [-0.2, 0) is 26.2 Å². The Kier molecular flexibility index (Phi) is 9.58. The quantitative estimate of drug-likeness (QED) is 0.135. The molecule has 5 heteroatoms. The monoisotopic (exact) mass is 586 g/mol. The van der Waals surface area contributed by atoms with Crippen molar-refractivity contribution in [2.45, 2.75) is 0 Å². The number of rotatable bonds is 6. The Labute approximate surface area is 241 Å². The molecule has 200 valence electrons. The molecule has 0 radical (unpaired) electrons. The van der Waals surface area contributed by atoms with Crippen LogP contribution < -0.4 is 31.8 Å². The summed E-state index contributed by atoms with van der Waals surface area (Å²) < 4.78 is 30.2. The Bertz CT molecular complexity index is 1430. The van der Waals surface area contributed by atoms with Gasteiger partial charge in [-0.1, -0.05) is 132 Å². The molecule has 0 aliphatic carbocycles. The third kappa shape index (κ3) is 5.79. The van der Waals surface area contributed by atoms with Crippen molar-refractivity contribution in [3.8, 4) is 0 Å². The Morgan fingerprint density at radius 3 is 1.13 bits per heavy atom. The van der Waals surface area contributed by atoms with Crippen molar-refractivity contribution in [1.82, 2.24) is 0 Å². The van der Waals surface area contributed by atoms with Crippen LogP contribution in [0.1, 0.15) is 0 Å². The van der Waals surface area contributed by atoms with Crippen LogP contribution in [0.4, 0.5) is 0 Å². The molecule has 0 heterocycles. The maximum absolute atomic E-state index is 15.1. The summed E-state index contributed by atoms with van der Waals surface area (Å²) in [5, 5.41) is 4.20. The van der Waals surface area contributed by atoms with E-state index in [0.717, 1.165) is 21.2 Å². The second kappa shape index (κ2) is 13.1.